The standard InChI is InChI=1S/C22H23N6O8PS2/c1-38(32,33)13-39(34,35)27-16-7-5-15(6-8-16)25-22-23-11-14-12-24-28(21(14)26-22)19-10-9-18-17(19)3-2-4-20(18)36-37(29,30)31/h2-8,11-12,19,27H,9-10,13H2,1H3,(H,23,25,26)(H2,29,30,31). The molecule has 1 atom stereocenters. The van der Waals surface area contributed by atoms with E-state index in [0.29, 0.717) is 35.1 Å². The SMILES string of the molecule is CS(=O)(=O)CS(=O)(=O)Nc1ccc(Nc2ncc3cnn(C4CCc5c(OP(=O)(O)O)cccc54)c3n2)cc1. The van der Waals surface area contributed by atoms with Gasteiger partial charge in [0.15, 0.2) is 20.6 Å². The molecule has 0 aliphatic heterocycles. The minimum Gasteiger partial charge on any atom is -0.404 e. The zero-order valence-corrected chi connectivity index (χ0v) is 22.8. The predicted octanol–water partition coefficient (Wildman–Crippen LogP) is 2.32. The summed E-state index contributed by atoms with van der Waals surface area (Å²) in [6, 6.07) is 10.9. The molecule has 0 amide bonds. The molecule has 206 valence electrons. The van der Waals surface area contributed by atoms with Gasteiger partial charge < -0.3 is 9.84 Å². The van der Waals surface area contributed by atoms with Crippen molar-refractivity contribution in [2.75, 3.05) is 21.4 Å². The molecule has 1 aliphatic carbocycles. The number of phosphoric ester groups is 1. The highest BCUT2D eigenvalue weighted by Crippen LogP contribution is 2.45. The van der Waals surface area contributed by atoms with Gasteiger partial charge in [0.1, 0.15) is 5.75 Å². The topological polar surface area (TPSA) is 203 Å². The lowest BCUT2D eigenvalue weighted by Gasteiger charge is -2.15. The fraction of sp³-hybridized carbons (Fsp3) is 0.227. The number of nitrogens with one attached hydrogen (secondary N) is 2. The minimum atomic E-state index is -4.71. The van der Waals surface area contributed by atoms with Gasteiger partial charge in [-0.05, 0) is 48.7 Å². The van der Waals surface area contributed by atoms with E-state index < -0.39 is 32.8 Å². The number of benzene rings is 2. The number of rotatable bonds is 9. The number of hydrogen-bond donors (Lipinski definition) is 4. The first-order valence-electron chi connectivity index (χ1n) is 11.4. The third-order valence-corrected chi connectivity index (χ3v) is 9.76. The molecule has 17 heteroatoms. The first kappa shape index (κ1) is 27.0. The fourth-order valence-corrected chi connectivity index (χ4v) is 7.85. The van der Waals surface area contributed by atoms with Gasteiger partial charge in [0.05, 0.1) is 17.6 Å². The maximum Gasteiger partial charge on any atom is 0.524 e. The molecule has 0 saturated carbocycles. The smallest absolute Gasteiger partial charge is 0.404 e. The average Bonchev–Trinajstić information content (AvgIpc) is 3.42. The third kappa shape index (κ3) is 6.37. The summed E-state index contributed by atoms with van der Waals surface area (Å²) < 4.78 is 66.9. The minimum absolute atomic E-state index is 0.138. The van der Waals surface area contributed by atoms with Crippen molar-refractivity contribution >= 4 is 56.0 Å². The van der Waals surface area contributed by atoms with E-state index in [1.165, 1.54) is 18.2 Å². The summed E-state index contributed by atoms with van der Waals surface area (Å²) in [6.45, 7) is 0. The molecule has 2 aromatic carbocycles. The molecule has 1 aliphatic rings. The average molecular weight is 595 g/mol. The summed E-state index contributed by atoms with van der Waals surface area (Å²) >= 11 is 0. The van der Waals surface area contributed by atoms with E-state index in [1.54, 1.807) is 35.3 Å². The molecule has 0 radical (unpaired) electrons. The molecule has 0 fully saturated rings. The second-order valence-corrected chi connectivity index (χ2v) is 14.4. The van der Waals surface area contributed by atoms with Crippen LogP contribution in [0.25, 0.3) is 11.0 Å². The van der Waals surface area contributed by atoms with E-state index in [2.05, 4.69) is 25.1 Å². The Kier molecular flexibility index (Phi) is 6.84. The number of fused-ring (bicyclic) bond motifs is 2. The van der Waals surface area contributed by atoms with E-state index in [0.717, 1.165) is 11.8 Å². The van der Waals surface area contributed by atoms with Crippen LogP contribution in [-0.2, 0) is 30.8 Å². The van der Waals surface area contributed by atoms with Gasteiger partial charge in [-0.2, -0.15) is 10.1 Å². The maximum absolute atomic E-state index is 12.0. The van der Waals surface area contributed by atoms with Crippen LogP contribution in [0.1, 0.15) is 23.6 Å². The molecule has 2 heterocycles. The summed E-state index contributed by atoms with van der Waals surface area (Å²) in [6.07, 6.45) is 5.23. The molecule has 4 N–H and O–H groups in total. The molecule has 0 spiro atoms. The summed E-state index contributed by atoms with van der Waals surface area (Å²) in [7, 11) is -12.5. The Bertz CT molecular complexity index is 1820. The first-order chi connectivity index (χ1) is 18.3. The largest absolute Gasteiger partial charge is 0.524 e. The lowest BCUT2D eigenvalue weighted by Crippen LogP contribution is -2.22. The monoisotopic (exact) mass is 594 g/mol. The van der Waals surface area contributed by atoms with Crippen LogP contribution in [-0.4, -0.2) is 57.7 Å². The summed E-state index contributed by atoms with van der Waals surface area (Å²) in [5, 5.41) is 7.19. The lowest BCUT2D eigenvalue weighted by molar-refractivity contribution is 0.282. The van der Waals surface area contributed by atoms with Gasteiger partial charge in [-0.25, -0.2) is 31.1 Å². The molecule has 0 saturated heterocycles. The Morgan fingerprint density at radius 2 is 1.79 bits per heavy atom. The quantitative estimate of drug-likeness (QED) is 0.206. The van der Waals surface area contributed by atoms with Crippen LogP contribution in [0, 0.1) is 0 Å². The van der Waals surface area contributed by atoms with Crippen LogP contribution in [0.2, 0.25) is 0 Å². The highest BCUT2D eigenvalue weighted by Gasteiger charge is 2.30. The van der Waals surface area contributed by atoms with Crippen molar-refractivity contribution in [3.05, 3.63) is 66.0 Å². The Balaban J connectivity index is 1.37. The van der Waals surface area contributed by atoms with Gasteiger partial charge in [-0.1, -0.05) is 12.1 Å². The highest BCUT2D eigenvalue weighted by molar-refractivity contribution is 8.08. The second kappa shape index (κ2) is 9.88. The molecule has 0 bridgehead atoms. The summed E-state index contributed by atoms with van der Waals surface area (Å²) in [5.41, 5.74) is 2.82. The number of phosphoric acid groups is 1. The zero-order chi connectivity index (χ0) is 28.0. The molecule has 14 nitrogen and oxygen atoms in total. The maximum atomic E-state index is 12.0. The first-order valence-corrected chi connectivity index (χ1v) is 16.6. The molecular formula is C22H23N6O8PS2. The van der Waals surface area contributed by atoms with Crippen LogP contribution in [0.4, 0.5) is 17.3 Å². The number of anilines is 3. The summed E-state index contributed by atoms with van der Waals surface area (Å²) in [5.74, 6) is 0.394. The van der Waals surface area contributed by atoms with Crippen molar-refractivity contribution in [2.24, 2.45) is 0 Å². The van der Waals surface area contributed by atoms with Gasteiger partial charge in [0.2, 0.25) is 16.0 Å². The van der Waals surface area contributed by atoms with Gasteiger partial charge in [0.25, 0.3) is 0 Å². The van der Waals surface area contributed by atoms with Gasteiger partial charge in [0, 0.05) is 29.4 Å². The van der Waals surface area contributed by atoms with Crippen molar-refractivity contribution in [3.8, 4) is 5.75 Å². The number of aromatic nitrogens is 4. The van der Waals surface area contributed by atoms with Gasteiger partial charge >= 0.3 is 7.82 Å². The van der Waals surface area contributed by atoms with E-state index in [9.17, 15) is 31.2 Å². The number of sulfonamides is 1. The van der Waals surface area contributed by atoms with Crippen molar-refractivity contribution in [1.82, 2.24) is 19.7 Å². The fourth-order valence-electron chi connectivity index (χ4n) is 4.43. The Labute approximate surface area is 223 Å². The van der Waals surface area contributed by atoms with Crippen LogP contribution in [0.3, 0.4) is 0 Å². The van der Waals surface area contributed by atoms with Crippen LogP contribution < -0.4 is 14.6 Å². The van der Waals surface area contributed by atoms with Crippen LogP contribution >= 0.6 is 7.82 Å². The van der Waals surface area contributed by atoms with E-state index in [1.807, 2.05) is 6.07 Å². The van der Waals surface area contributed by atoms with Crippen LogP contribution in [0.5, 0.6) is 5.75 Å². The Morgan fingerprint density at radius 1 is 1.08 bits per heavy atom. The summed E-state index contributed by atoms with van der Waals surface area (Å²) in [4.78, 5) is 27.4. The molecular weight excluding hydrogens is 571 g/mol. The third-order valence-electron chi connectivity index (χ3n) is 5.83. The van der Waals surface area contributed by atoms with Gasteiger partial charge in [-0.15, -0.1) is 0 Å². The molecule has 2 aromatic heterocycles. The second-order valence-electron chi connectivity index (χ2n) is 8.98. The molecule has 5 rings (SSSR count). The number of nitrogens with zero attached hydrogens (tertiary/aromatic N) is 4. The lowest BCUT2D eigenvalue weighted by atomic mass is 10.1. The highest BCUT2D eigenvalue weighted by atomic mass is 32.3. The molecule has 39 heavy (non-hydrogen) atoms. The van der Waals surface area contributed by atoms with E-state index in [-0.39, 0.29) is 23.4 Å². The predicted molar refractivity (Wildman–Crippen MR) is 143 cm³/mol. The van der Waals surface area contributed by atoms with Crippen molar-refractivity contribution in [2.45, 2.75) is 18.9 Å². The Hall–Kier alpha value is -3.56. The number of hydrogen-bond acceptors (Lipinski definition) is 10. The van der Waals surface area contributed by atoms with E-state index >= 15 is 0 Å². The van der Waals surface area contributed by atoms with E-state index in [4.69, 9.17) is 4.52 Å². The molecule has 4 aromatic rings. The van der Waals surface area contributed by atoms with Crippen molar-refractivity contribution < 1.29 is 35.7 Å². The van der Waals surface area contributed by atoms with Crippen LogP contribution in [0.15, 0.2) is 54.9 Å². The normalized spacial score (nSPS) is 15.7. The van der Waals surface area contributed by atoms with Gasteiger partial charge in [-0.3, -0.25) is 14.5 Å². The van der Waals surface area contributed by atoms with Crippen molar-refractivity contribution in [3.63, 3.8) is 0 Å². The Morgan fingerprint density at radius 3 is 2.49 bits per heavy atom. The zero-order valence-electron chi connectivity index (χ0n) is 20.3. The molecule has 1 unspecified atom stereocenters. The number of sulfone groups is 1. The van der Waals surface area contributed by atoms with Crippen molar-refractivity contribution in [1.29, 1.82) is 0 Å².